The molecule has 2 nitrogen and oxygen atoms in total. The van der Waals surface area contributed by atoms with Gasteiger partial charge < -0.3 is 4.42 Å². The summed E-state index contributed by atoms with van der Waals surface area (Å²) in [5.41, 5.74) is 0.793. The van der Waals surface area contributed by atoms with Crippen molar-refractivity contribution in [1.82, 2.24) is 0 Å². The second-order valence-electron chi connectivity index (χ2n) is 3.35. The van der Waals surface area contributed by atoms with Crippen LogP contribution in [-0.4, -0.2) is 5.78 Å². The number of halogens is 2. The predicted molar refractivity (Wildman–Crippen MR) is 64.2 cm³/mol. The first kappa shape index (κ1) is 11.2. The van der Waals surface area contributed by atoms with Crippen molar-refractivity contribution < 1.29 is 9.21 Å². The zero-order valence-corrected chi connectivity index (χ0v) is 9.97. The second-order valence-corrected chi connectivity index (χ2v) is 4.16. The summed E-state index contributed by atoms with van der Waals surface area (Å²) in [4.78, 5) is 11.1. The fraction of sp³-hybridized carbons (Fsp3) is 0.0833. The van der Waals surface area contributed by atoms with Gasteiger partial charge >= 0.3 is 0 Å². The van der Waals surface area contributed by atoms with E-state index in [1.807, 2.05) is 0 Å². The van der Waals surface area contributed by atoms with Gasteiger partial charge in [0.05, 0.1) is 10.0 Å². The van der Waals surface area contributed by atoms with Crippen LogP contribution in [0.5, 0.6) is 0 Å². The van der Waals surface area contributed by atoms with Crippen LogP contribution < -0.4 is 0 Å². The van der Waals surface area contributed by atoms with Crippen LogP contribution >= 0.6 is 23.2 Å². The summed E-state index contributed by atoms with van der Waals surface area (Å²) in [5, 5.41) is 0.948. The van der Waals surface area contributed by atoms with Crippen LogP contribution in [0.3, 0.4) is 0 Å². The molecule has 0 fully saturated rings. The van der Waals surface area contributed by atoms with Crippen LogP contribution in [-0.2, 0) is 0 Å². The van der Waals surface area contributed by atoms with Gasteiger partial charge in [0.25, 0.3) is 0 Å². The summed E-state index contributed by atoms with van der Waals surface area (Å²) >= 11 is 11.7. The van der Waals surface area contributed by atoms with Crippen LogP contribution in [0.25, 0.3) is 11.3 Å². The van der Waals surface area contributed by atoms with E-state index in [-0.39, 0.29) is 5.78 Å². The third kappa shape index (κ3) is 2.13. The Kier molecular flexibility index (Phi) is 3.03. The van der Waals surface area contributed by atoms with Crippen LogP contribution in [0.4, 0.5) is 0 Å². The quantitative estimate of drug-likeness (QED) is 0.741. The smallest absolute Gasteiger partial charge is 0.194 e. The van der Waals surface area contributed by atoms with E-state index in [0.717, 1.165) is 5.56 Å². The minimum Gasteiger partial charge on any atom is -0.453 e. The molecule has 0 unspecified atom stereocenters. The highest BCUT2D eigenvalue weighted by molar-refractivity contribution is 6.42. The molecule has 1 aromatic carbocycles. The lowest BCUT2D eigenvalue weighted by Gasteiger charge is -1.99. The molecule has 1 aromatic heterocycles. The predicted octanol–water partition coefficient (Wildman–Crippen LogP) is 4.46. The van der Waals surface area contributed by atoms with Gasteiger partial charge in [0, 0.05) is 12.5 Å². The van der Waals surface area contributed by atoms with E-state index in [4.69, 9.17) is 27.6 Å². The maximum atomic E-state index is 11.1. The molecular weight excluding hydrogens is 247 g/mol. The molecule has 0 atom stereocenters. The normalized spacial score (nSPS) is 10.4. The lowest BCUT2D eigenvalue weighted by atomic mass is 10.2. The van der Waals surface area contributed by atoms with Crippen molar-refractivity contribution in [3.8, 4) is 11.3 Å². The van der Waals surface area contributed by atoms with E-state index in [1.54, 1.807) is 30.3 Å². The molecule has 4 heteroatoms. The Balaban J connectivity index is 2.42. The zero-order valence-electron chi connectivity index (χ0n) is 8.46. The molecule has 0 aliphatic carbocycles. The molecule has 0 bridgehead atoms. The summed E-state index contributed by atoms with van der Waals surface area (Å²) in [7, 11) is 0. The van der Waals surface area contributed by atoms with Gasteiger partial charge in [0.1, 0.15) is 5.76 Å². The molecule has 2 aromatic rings. The molecule has 2 rings (SSSR count). The summed E-state index contributed by atoms with van der Waals surface area (Å²) in [5.74, 6) is 0.830. The minimum atomic E-state index is -0.105. The van der Waals surface area contributed by atoms with E-state index in [9.17, 15) is 4.79 Å². The first-order valence-electron chi connectivity index (χ1n) is 4.64. The number of furan rings is 1. The third-order valence-electron chi connectivity index (χ3n) is 2.16. The van der Waals surface area contributed by atoms with Crippen LogP contribution in [0.1, 0.15) is 17.5 Å². The standard InChI is InChI=1S/C12H8Cl2O2/c1-7(15)11-4-5-12(16-11)8-2-3-9(13)10(14)6-8/h2-6H,1H3. The number of hydrogen-bond acceptors (Lipinski definition) is 2. The highest BCUT2D eigenvalue weighted by Gasteiger charge is 2.09. The number of benzene rings is 1. The van der Waals surface area contributed by atoms with E-state index in [2.05, 4.69) is 0 Å². The summed E-state index contributed by atoms with van der Waals surface area (Å²) < 4.78 is 5.37. The molecule has 0 spiro atoms. The van der Waals surface area contributed by atoms with Gasteiger partial charge in [0.2, 0.25) is 0 Å². The molecule has 0 radical (unpaired) electrons. The first-order chi connectivity index (χ1) is 7.58. The zero-order chi connectivity index (χ0) is 11.7. The SMILES string of the molecule is CC(=O)c1ccc(-c2ccc(Cl)c(Cl)c2)o1. The highest BCUT2D eigenvalue weighted by Crippen LogP contribution is 2.29. The van der Waals surface area contributed by atoms with E-state index in [0.29, 0.717) is 21.6 Å². The number of Topliss-reactive ketones (excluding diaryl/α,β-unsaturated/α-hetero) is 1. The molecule has 0 N–H and O–H groups in total. The molecule has 0 saturated heterocycles. The van der Waals surface area contributed by atoms with Crippen molar-refractivity contribution in [2.75, 3.05) is 0 Å². The monoisotopic (exact) mass is 254 g/mol. The number of ketones is 1. The second kappa shape index (κ2) is 4.32. The van der Waals surface area contributed by atoms with Crippen LogP contribution in [0, 0.1) is 0 Å². The number of carbonyl (C=O) groups is 1. The van der Waals surface area contributed by atoms with Crippen molar-refractivity contribution in [3.05, 3.63) is 46.1 Å². The number of carbonyl (C=O) groups excluding carboxylic acids is 1. The lowest BCUT2D eigenvalue weighted by Crippen LogP contribution is -1.86. The molecule has 0 saturated carbocycles. The van der Waals surface area contributed by atoms with Crippen LogP contribution in [0.15, 0.2) is 34.7 Å². The molecule has 1 heterocycles. The fourth-order valence-electron chi connectivity index (χ4n) is 1.33. The fourth-order valence-corrected chi connectivity index (χ4v) is 1.63. The van der Waals surface area contributed by atoms with Gasteiger partial charge in [-0.25, -0.2) is 0 Å². The van der Waals surface area contributed by atoms with Gasteiger partial charge in [-0.15, -0.1) is 0 Å². The Morgan fingerprint density at radius 2 is 1.88 bits per heavy atom. The molecular formula is C12H8Cl2O2. The van der Waals surface area contributed by atoms with Crippen molar-refractivity contribution in [2.24, 2.45) is 0 Å². The van der Waals surface area contributed by atoms with Gasteiger partial charge in [-0.05, 0) is 30.3 Å². The van der Waals surface area contributed by atoms with Gasteiger partial charge in [-0.1, -0.05) is 23.2 Å². The minimum absolute atomic E-state index is 0.105. The Morgan fingerprint density at radius 3 is 2.44 bits per heavy atom. The third-order valence-corrected chi connectivity index (χ3v) is 2.90. The van der Waals surface area contributed by atoms with E-state index < -0.39 is 0 Å². The summed E-state index contributed by atoms with van der Waals surface area (Å²) in [6, 6.07) is 8.55. The van der Waals surface area contributed by atoms with Gasteiger partial charge in [0.15, 0.2) is 11.5 Å². The molecule has 16 heavy (non-hydrogen) atoms. The lowest BCUT2D eigenvalue weighted by molar-refractivity contribution is 0.0988. The van der Waals surface area contributed by atoms with Crippen molar-refractivity contribution >= 4 is 29.0 Å². The molecule has 0 aliphatic heterocycles. The first-order valence-corrected chi connectivity index (χ1v) is 5.39. The number of hydrogen-bond donors (Lipinski definition) is 0. The van der Waals surface area contributed by atoms with Crippen LogP contribution in [0.2, 0.25) is 10.0 Å². The highest BCUT2D eigenvalue weighted by atomic mass is 35.5. The van der Waals surface area contributed by atoms with Gasteiger partial charge in [-0.3, -0.25) is 4.79 Å². The van der Waals surface area contributed by atoms with Crippen molar-refractivity contribution in [3.63, 3.8) is 0 Å². The summed E-state index contributed by atoms with van der Waals surface area (Å²) in [6.07, 6.45) is 0. The molecule has 0 amide bonds. The van der Waals surface area contributed by atoms with Gasteiger partial charge in [-0.2, -0.15) is 0 Å². The summed E-state index contributed by atoms with van der Waals surface area (Å²) in [6.45, 7) is 1.46. The van der Waals surface area contributed by atoms with E-state index >= 15 is 0 Å². The van der Waals surface area contributed by atoms with Crippen molar-refractivity contribution in [2.45, 2.75) is 6.92 Å². The Bertz CT molecular complexity index is 544. The molecule has 82 valence electrons. The average molecular weight is 255 g/mol. The average Bonchev–Trinajstić information content (AvgIpc) is 2.71. The Hall–Kier alpha value is -1.25. The van der Waals surface area contributed by atoms with Crippen molar-refractivity contribution in [1.29, 1.82) is 0 Å². The maximum absolute atomic E-state index is 11.1. The van der Waals surface area contributed by atoms with E-state index in [1.165, 1.54) is 6.92 Å². The maximum Gasteiger partial charge on any atom is 0.194 e. The largest absolute Gasteiger partial charge is 0.453 e. The Labute approximate surface area is 103 Å². The Morgan fingerprint density at radius 1 is 1.12 bits per heavy atom. The molecule has 0 aliphatic rings. The number of rotatable bonds is 2. The topological polar surface area (TPSA) is 30.2 Å².